The van der Waals surface area contributed by atoms with Crippen LogP contribution in [0.3, 0.4) is 0 Å². The van der Waals surface area contributed by atoms with E-state index in [1.807, 2.05) is 48.5 Å². The van der Waals surface area contributed by atoms with E-state index in [2.05, 4.69) is 63.2 Å². The second-order valence-electron chi connectivity index (χ2n) is 10.9. The van der Waals surface area contributed by atoms with Gasteiger partial charge in [0.15, 0.2) is 0 Å². The molecule has 0 saturated carbocycles. The van der Waals surface area contributed by atoms with Gasteiger partial charge in [0, 0.05) is 11.8 Å². The van der Waals surface area contributed by atoms with Crippen LogP contribution in [0.2, 0.25) is 0 Å². The maximum atomic E-state index is 14.1. The molecule has 0 unspecified atom stereocenters. The van der Waals surface area contributed by atoms with Crippen LogP contribution in [0.5, 0.6) is 0 Å². The fourth-order valence-corrected chi connectivity index (χ4v) is 6.37. The zero-order chi connectivity index (χ0) is 23.7. The van der Waals surface area contributed by atoms with Gasteiger partial charge in [0.1, 0.15) is 5.41 Å². The number of likely N-dealkylation sites (tertiary alicyclic amines) is 1. The third-order valence-corrected chi connectivity index (χ3v) is 8.04. The van der Waals surface area contributed by atoms with Gasteiger partial charge in [-0.3, -0.25) is 14.5 Å². The maximum absolute atomic E-state index is 14.1. The first-order valence-corrected chi connectivity index (χ1v) is 12.1. The van der Waals surface area contributed by atoms with Gasteiger partial charge in [0.2, 0.25) is 11.8 Å². The first kappa shape index (κ1) is 21.1. The van der Waals surface area contributed by atoms with E-state index in [-0.39, 0.29) is 29.1 Å². The smallest absolute Gasteiger partial charge is 0.244 e. The number of benzene rings is 3. The van der Waals surface area contributed by atoms with E-state index in [0.717, 1.165) is 16.7 Å². The van der Waals surface area contributed by atoms with Gasteiger partial charge in [0.05, 0.1) is 12.5 Å². The maximum Gasteiger partial charge on any atom is 0.244 e. The minimum Gasteiger partial charge on any atom is -0.277 e. The lowest BCUT2D eigenvalue weighted by Crippen LogP contribution is -2.49. The highest BCUT2D eigenvalue weighted by Crippen LogP contribution is 2.62. The quantitative estimate of drug-likeness (QED) is 0.373. The zero-order valence-corrected chi connectivity index (χ0v) is 19.9. The Morgan fingerprint density at radius 2 is 1.53 bits per heavy atom. The van der Waals surface area contributed by atoms with Crippen molar-refractivity contribution in [2.24, 2.45) is 5.92 Å². The molecule has 1 saturated heterocycles. The molecule has 2 bridgehead atoms. The molecule has 3 aromatic carbocycles. The molecule has 3 aliphatic carbocycles. The third-order valence-electron chi connectivity index (χ3n) is 8.04. The van der Waals surface area contributed by atoms with Crippen molar-refractivity contribution in [1.29, 1.82) is 0 Å². The highest BCUT2D eigenvalue weighted by molar-refractivity contribution is 6.13. The summed E-state index contributed by atoms with van der Waals surface area (Å²) in [6.07, 6.45) is 4.22. The van der Waals surface area contributed by atoms with Crippen molar-refractivity contribution in [3.63, 3.8) is 0 Å². The lowest BCUT2D eigenvalue weighted by molar-refractivity contribution is -0.140. The van der Waals surface area contributed by atoms with Crippen LogP contribution >= 0.6 is 0 Å². The van der Waals surface area contributed by atoms with Gasteiger partial charge >= 0.3 is 0 Å². The Kier molecular flexibility index (Phi) is 4.51. The molecule has 0 aromatic heterocycles. The van der Waals surface area contributed by atoms with Crippen LogP contribution in [0.25, 0.3) is 0 Å². The van der Waals surface area contributed by atoms with Gasteiger partial charge in [-0.05, 0) is 33.2 Å². The average Bonchev–Trinajstić information content (AvgIpc) is 3.07. The number of allylic oxidation sites excluding steroid dienone is 1. The van der Waals surface area contributed by atoms with Crippen LogP contribution in [-0.2, 0) is 27.0 Å². The van der Waals surface area contributed by atoms with Crippen molar-refractivity contribution < 1.29 is 9.59 Å². The summed E-state index contributed by atoms with van der Waals surface area (Å²) >= 11 is 0. The minimum atomic E-state index is -0.926. The average molecular weight is 448 g/mol. The predicted molar refractivity (Wildman–Crippen MR) is 133 cm³/mol. The van der Waals surface area contributed by atoms with Crippen molar-refractivity contribution in [3.05, 3.63) is 119 Å². The lowest BCUT2D eigenvalue weighted by atomic mass is 9.51. The van der Waals surface area contributed by atoms with Gasteiger partial charge in [0.25, 0.3) is 0 Å². The highest BCUT2D eigenvalue weighted by atomic mass is 16.2. The van der Waals surface area contributed by atoms with E-state index in [9.17, 15) is 9.59 Å². The van der Waals surface area contributed by atoms with Gasteiger partial charge in [-0.15, -0.1) is 0 Å². The molecule has 7 rings (SSSR count). The second-order valence-corrected chi connectivity index (χ2v) is 10.9. The summed E-state index contributed by atoms with van der Waals surface area (Å²) in [5, 5.41) is 0. The fourth-order valence-electron chi connectivity index (χ4n) is 6.37. The van der Waals surface area contributed by atoms with Crippen molar-refractivity contribution in [3.8, 4) is 0 Å². The van der Waals surface area contributed by atoms with E-state index in [1.54, 1.807) is 0 Å². The Bertz CT molecular complexity index is 1320. The van der Waals surface area contributed by atoms with Crippen molar-refractivity contribution in [2.45, 2.75) is 50.0 Å². The predicted octanol–water partition coefficient (Wildman–Crippen LogP) is 5.86. The number of hydrogen-bond acceptors (Lipinski definition) is 2. The lowest BCUT2D eigenvalue weighted by Gasteiger charge is -2.48. The van der Waals surface area contributed by atoms with Crippen molar-refractivity contribution in [1.82, 2.24) is 4.90 Å². The summed E-state index contributed by atoms with van der Waals surface area (Å²) in [4.78, 5) is 29.6. The summed E-state index contributed by atoms with van der Waals surface area (Å²) in [6, 6.07) is 26.7. The third kappa shape index (κ3) is 2.82. The SMILES string of the molecule is CC(C)(C)c1ccc([C@@H]2[C@@H]3C=C[C@@]4(C(=O)N(Cc5ccccc5)C(=O)[C@@H]24)c2ccccc23)cc1. The molecular formula is C31H29NO2. The summed E-state index contributed by atoms with van der Waals surface area (Å²) in [7, 11) is 0. The number of hydrogen-bond donors (Lipinski definition) is 0. The normalized spacial score (nSPS) is 27.1. The molecule has 2 amide bonds. The largest absolute Gasteiger partial charge is 0.277 e. The Labute approximate surface area is 201 Å². The summed E-state index contributed by atoms with van der Waals surface area (Å²) in [5.41, 5.74) is 4.68. The van der Waals surface area contributed by atoms with Crippen LogP contribution in [0.15, 0.2) is 91.0 Å². The van der Waals surface area contributed by atoms with E-state index in [0.29, 0.717) is 6.54 Å². The van der Waals surface area contributed by atoms with Gasteiger partial charge in [-0.2, -0.15) is 0 Å². The molecule has 4 atom stereocenters. The number of imide groups is 1. The van der Waals surface area contributed by atoms with Crippen molar-refractivity contribution >= 4 is 11.8 Å². The summed E-state index contributed by atoms with van der Waals surface area (Å²) < 4.78 is 0. The molecule has 3 aromatic rings. The highest BCUT2D eigenvalue weighted by Gasteiger charge is 2.67. The van der Waals surface area contributed by atoms with Crippen LogP contribution in [-0.4, -0.2) is 16.7 Å². The molecule has 1 heterocycles. The van der Waals surface area contributed by atoms with Crippen molar-refractivity contribution in [2.75, 3.05) is 0 Å². The minimum absolute atomic E-state index is 0.0531. The molecule has 3 nitrogen and oxygen atoms in total. The van der Waals surface area contributed by atoms with E-state index < -0.39 is 11.3 Å². The molecule has 0 radical (unpaired) electrons. The topological polar surface area (TPSA) is 37.4 Å². The number of nitrogens with zero attached hydrogens (tertiary/aromatic N) is 1. The molecule has 1 aliphatic heterocycles. The second kappa shape index (κ2) is 7.27. The summed E-state index contributed by atoms with van der Waals surface area (Å²) in [6.45, 7) is 6.94. The first-order chi connectivity index (χ1) is 16.3. The molecule has 4 aliphatic rings. The molecule has 3 heteroatoms. The Morgan fingerprint density at radius 1 is 0.853 bits per heavy atom. The van der Waals surface area contributed by atoms with Crippen LogP contribution < -0.4 is 0 Å². The van der Waals surface area contributed by atoms with E-state index in [4.69, 9.17) is 0 Å². The summed E-state index contributed by atoms with van der Waals surface area (Å²) in [5.74, 6) is -0.552. The van der Waals surface area contributed by atoms with Gasteiger partial charge in [-0.25, -0.2) is 0 Å². The zero-order valence-electron chi connectivity index (χ0n) is 19.9. The molecule has 34 heavy (non-hydrogen) atoms. The van der Waals surface area contributed by atoms with Gasteiger partial charge in [-0.1, -0.05) is 112 Å². The number of rotatable bonds is 3. The molecule has 170 valence electrons. The van der Waals surface area contributed by atoms with Gasteiger partial charge < -0.3 is 0 Å². The number of amides is 2. The van der Waals surface area contributed by atoms with Crippen LogP contribution in [0.4, 0.5) is 0 Å². The number of carbonyl (C=O) groups is 2. The monoisotopic (exact) mass is 447 g/mol. The molecular weight excluding hydrogens is 418 g/mol. The molecule has 0 N–H and O–H groups in total. The molecule has 1 spiro atoms. The van der Waals surface area contributed by atoms with E-state index >= 15 is 0 Å². The van der Waals surface area contributed by atoms with Crippen LogP contribution in [0, 0.1) is 5.92 Å². The van der Waals surface area contributed by atoms with Crippen LogP contribution in [0.1, 0.15) is 60.4 Å². The van der Waals surface area contributed by atoms with E-state index in [1.165, 1.54) is 16.0 Å². The molecule has 1 fully saturated rings. The number of carbonyl (C=O) groups excluding carboxylic acids is 2. The fraction of sp³-hybridized carbons (Fsp3) is 0.290. The Morgan fingerprint density at radius 3 is 2.24 bits per heavy atom. The Hall–Kier alpha value is -3.46. The Balaban J connectivity index is 1.50. The first-order valence-electron chi connectivity index (χ1n) is 12.1. The standard InChI is InChI=1S/C31H29NO2/c1-30(2,3)22-15-13-21(14-16-22)26-24-17-18-31(25-12-8-7-11-23(24)25)27(26)28(33)32(29(31)34)19-20-9-5-4-6-10-20/h4-18,24,26-27H,19H2,1-3H3/t24-,26-,27-,31-/m1/s1.